The highest BCUT2D eigenvalue weighted by atomic mass is 32.2. The first kappa shape index (κ1) is 20.5. The highest BCUT2D eigenvalue weighted by Crippen LogP contribution is 2.27. The Morgan fingerprint density at radius 2 is 1.97 bits per heavy atom. The third-order valence-electron chi connectivity index (χ3n) is 3.99. The first-order valence-electron chi connectivity index (χ1n) is 8.75. The number of hydrogen-bond donors (Lipinski definition) is 1. The summed E-state index contributed by atoms with van der Waals surface area (Å²) < 4.78 is 39.7. The molecule has 0 spiro atoms. The third kappa shape index (κ3) is 4.54. The maximum Gasteiger partial charge on any atom is 0.349 e. The van der Waals surface area contributed by atoms with Gasteiger partial charge in [0.25, 0.3) is 10.0 Å². The van der Waals surface area contributed by atoms with Crippen molar-refractivity contribution in [1.29, 1.82) is 0 Å². The van der Waals surface area contributed by atoms with Crippen LogP contribution in [0.25, 0.3) is 5.82 Å². The van der Waals surface area contributed by atoms with E-state index >= 15 is 0 Å². The normalized spacial score (nSPS) is 11.1. The molecule has 0 fully saturated rings. The second-order valence-corrected chi connectivity index (χ2v) is 8.57. The summed E-state index contributed by atoms with van der Waals surface area (Å²) in [6.45, 7) is 0. The molecule has 3 heterocycles. The van der Waals surface area contributed by atoms with Crippen LogP contribution >= 0.6 is 11.3 Å². The number of nitrogens with one attached hydrogen (secondary N) is 1. The van der Waals surface area contributed by atoms with Crippen LogP contribution in [0.5, 0.6) is 11.6 Å². The molecule has 4 aromatic rings. The van der Waals surface area contributed by atoms with Gasteiger partial charge >= 0.3 is 5.97 Å². The van der Waals surface area contributed by atoms with Crippen molar-refractivity contribution in [3.05, 3.63) is 71.4 Å². The summed E-state index contributed by atoms with van der Waals surface area (Å²) in [6, 6.07) is 11.0. The number of hydrogen-bond acceptors (Lipinski definition) is 9. The Balaban J connectivity index is 1.48. The fourth-order valence-electron chi connectivity index (χ4n) is 2.59. The summed E-state index contributed by atoms with van der Waals surface area (Å²) in [5.41, 5.74) is 0.300. The number of carbonyl (C=O) groups is 1. The van der Waals surface area contributed by atoms with Gasteiger partial charge in [0.1, 0.15) is 21.8 Å². The Morgan fingerprint density at radius 3 is 2.68 bits per heavy atom. The van der Waals surface area contributed by atoms with Crippen LogP contribution in [0.2, 0.25) is 0 Å². The maximum atomic E-state index is 12.7. The first-order chi connectivity index (χ1) is 15.0. The predicted octanol–water partition coefficient (Wildman–Crippen LogP) is 3.10. The molecule has 0 bridgehead atoms. The molecule has 1 aromatic carbocycles. The number of esters is 1. The van der Waals surface area contributed by atoms with E-state index in [1.807, 2.05) is 0 Å². The number of benzene rings is 1. The summed E-state index contributed by atoms with van der Waals surface area (Å²) in [7, 11) is -2.78. The van der Waals surface area contributed by atoms with Crippen molar-refractivity contribution in [2.75, 3.05) is 11.8 Å². The summed E-state index contributed by atoms with van der Waals surface area (Å²) in [5.74, 6) is 0.573. The van der Waals surface area contributed by atoms with Crippen molar-refractivity contribution in [3.8, 4) is 17.4 Å². The monoisotopic (exact) mass is 457 g/mol. The number of nitrogens with zero attached hydrogens (tertiary/aromatic N) is 4. The van der Waals surface area contributed by atoms with Gasteiger partial charge < -0.3 is 9.47 Å². The molecule has 0 saturated heterocycles. The van der Waals surface area contributed by atoms with Crippen LogP contribution in [0.1, 0.15) is 9.67 Å². The Morgan fingerprint density at radius 1 is 1.16 bits per heavy atom. The standard InChI is InChI=1S/C19H15N5O5S2/c1-28-19(25)18-15(7-10-30-18)31(26,27)23-13-3-5-14(6-4-13)29-17-11-16(20-12-21-17)24-9-2-8-22-24/h2-12,23H,1H3. The maximum absolute atomic E-state index is 12.7. The van der Waals surface area contributed by atoms with Gasteiger partial charge in [-0.25, -0.2) is 27.9 Å². The SMILES string of the molecule is COC(=O)c1sccc1S(=O)(=O)Nc1ccc(Oc2cc(-n3cccn3)ncn2)cc1. The number of rotatable bonds is 7. The Kier molecular flexibility index (Phi) is 5.64. The molecular weight excluding hydrogens is 442 g/mol. The molecule has 12 heteroatoms. The molecule has 0 amide bonds. The summed E-state index contributed by atoms with van der Waals surface area (Å²) in [6.07, 6.45) is 4.73. The fraction of sp³-hybridized carbons (Fsp3) is 0.0526. The van der Waals surface area contributed by atoms with E-state index in [1.165, 1.54) is 37.0 Å². The summed E-state index contributed by atoms with van der Waals surface area (Å²) >= 11 is 0.991. The molecule has 0 aliphatic heterocycles. The average Bonchev–Trinajstić information content (AvgIpc) is 3.47. The Bertz CT molecular complexity index is 1300. The molecule has 0 unspecified atom stereocenters. The van der Waals surface area contributed by atoms with Gasteiger partial charge in [-0.05, 0) is 41.8 Å². The second-order valence-electron chi connectivity index (χ2n) is 6.00. The van der Waals surface area contributed by atoms with Crippen LogP contribution in [0.4, 0.5) is 5.69 Å². The zero-order valence-electron chi connectivity index (χ0n) is 16.0. The average molecular weight is 457 g/mol. The third-order valence-corrected chi connectivity index (χ3v) is 6.43. The quantitative estimate of drug-likeness (QED) is 0.420. The van der Waals surface area contributed by atoms with E-state index in [2.05, 4.69) is 24.5 Å². The molecule has 0 saturated carbocycles. The van der Waals surface area contributed by atoms with Crippen LogP contribution in [0.3, 0.4) is 0 Å². The van der Waals surface area contributed by atoms with E-state index in [0.29, 0.717) is 23.1 Å². The molecule has 3 aromatic heterocycles. The molecule has 0 aliphatic carbocycles. The van der Waals surface area contributed by atoms with Gasteiger partial charge in [0.05, 0.1) is 7.11 Å². The van der Waals surface area contributed by atoms with E-state index < -0.39 is 16.0 Å². The lowest BCUT2D eigenvalue weighted by Gasteiger charge is -2.10. The predicted molar refractivity (Wildman–Crippen MR) is 112 cm³/mol. The molecule has 31 heavy (non-hydrogen) atoms. The smallest absolute Gasteiger partial charge is 0.349 e. The van der Waals surface area contributed by atoms with Crippen molar-refractivity contribution >= 4 is 33.0 Å². The Labute approximate surface area is 181 Å². The van der Waals surface area contributed by atoms with Gasteiger partial charge in [-0.3, -0.25) is 4.72 Å². The van der Waals surface area contributed by atoms with Gasteiger partial charge in [-0.1, -0.05) is 0 Å². The van der Waals surface area contributed by atoms with E-state index in [-0.39, 0.29) is 9.77 Å². The number of ether oxygens (including phenoxy) is 2. The molecule has 0 aliphatic rings. The van der Waals surface area contributed by atoms with Crippen molar-refractivity contribution in [1.82, 2.24) is 19.7 Å². The largest absolute Gasteiger partial charge is 0.465 e. The van der Waals surface area contributed by atoms with E-state index in [4.69, 9.17) is 4.74 Å². The minimum atomic E-state index is -3.97. The first-order valence-corrected chi connectivity index (χ1v) is 11.1. The lowest BCUT2D eigenvalue weighted by atomic mass is 10.3. The van der Waals surface area contributed by atoms with Gasteiger partial charge in [-0.15, -0.1) is 11.3 Å². The van der Waals surface area contributed by atoms with Gasteiger partial charge in [0, 0.05) is 24.1 Å². The van der Waals surface area contributed by atoms with Crippen LogP contribution in [-0.2, 0) is 14.8 Å². The van der Waals surface area contributed by atoms with E-state index in [0.717, 1.165) is 11.3 Å². The number of sulfonamides is 1. The number of anilines is 1. The van der Waals surface area contributed by atoms with Crippen molar-refractivity contribution < 1.29 is 22.7 Å². The molecule has 0 atom stereocenters. The number of methoxy groups -OCH3 is 1. The highest BCUT2D eigenvalue weighted by molar-refractivity contribution is 7.93. The van der Waals surface area contributed by atoms with Crippen LogP contribution < -0.4 is 9.46 Å². The number of aromatic nitrogens is 4. The molecular formula is C19H15N5O5S2. The van der Waals surface area contributed by atoms with E-state index in [9.17, 15) is 13.2 Å². The minimum absolute atomic E-state index is 0.00620. The number of carbonyl (C=O) groups excluding carboxylic acids is 1. The zero-order chi connectivity index (χ0) is 21.8. The van der Waals surface area contributed by atoms with Crippen LogP contribution in [-0.4, -0.2) is 41.2 Å². The lowest BCUT2D eigenvalue weighted by molar-refractivity contribution is 0.0602. The van der Waals surface area contributed by atoms with Crippen molar-refractivity contribution in [3.63, 3.8) is 0 Å². The minimum Gasteiger partial charge on any atom is -0.465 e. The van der Waals surface area contributed by atoms with Crippen molar-refractivity contribution in [2.45, 2.75) is 4.90 Å². The van der Waals surface area contributed by atoms with Gasteiger partial charge in [0.2, 0.25) is 5.88 Å². The molecule has 0 radical (unpaired) electrons. The number of thiophene rings is 1. The molecule has 1 N–H and O–H groups in total. The van der Waals surface area contributed by atoms with E-state index in [1.54, 1.807) is 41.3 Å². The van der Waals surface area contributed by atoms with Crippen molar-refractivity contribution in [2.24, 2.45) is 0 Å². The summed E-state index contributed by atoms with van der Waals surface area (Å²) in [5, 5.41) is 5.61. The Hall–Kier alpha value is -3.77. The van der Waals surface area contributed by atoms with Crippen LogP contribution in [0.15, 0.2) is 71.5 Å². The second kappa shape index (κ2) is 8.53. The topological polar surface area (TPSA) is 125 Å². The van der Waals surface area contributed by atoms with Gasteiger partial charge in [-0.2, -0.15) is 5.10 Å². The lowest BCUT2D eigenvalue weighted by Crippen LogP contribution is -2.15. The fourth-order valence-corrected chi connectivity index (χ4v) is 4.98. The zero-order valence-corrected chi connectivity index (χ0v) is 17.6. The highest BCUT2D eigenvalue weighted by Gasteiger charge is 2.24. The molecule has 10 nitrogen and oxygen atoms in total. The molecule has 4 rings (SSSR count). The van der Waals surface area contributed by atoms with Gasteiger partial charge in [0.15, 0.2) is 5.82 Å². The van der Waals surface area contributed by atoms with Crippen LogP contribution in [0, 0.1) is 0 Å². The molecule has 158 valence electrons. The summed E-state index contributed by atoms with van der Waals surface area (Å²) in [4.78, 5) is 19.8.